The van der Waals surface area contributed by atoms with Crippen molar-refractivity contribution in [2.75, 3.05) is 33.3 Å². The van der Waals surface area contributed by atoms with Crippen LogP contribution in [0.1, 0.15) is 12.0 Å². The lowest BCUT2D eigenvalue weighted by atomic mass is 10.0. The zero-order valence-corrected chi connectivity index (χ0v) is 13.6. The maximum Gasteiger partial charge on any atom is 0.246 e. The summed E-state index contributed by atoms with van der Waals surface area (Å²) < 4.78 is 46.6. The van der Waals surface area contributed by atoms with Gasteiger partial charge in [-0.3, -0.25) is 4.90 Å². The van der Waals surface area contributed by atoms with Crippen LogP contribution in [0.3, 0.4) is 0 Å². The fourth-order valence-corrected chi connectivity index (χ4v) is 4.80. The molecule has 122 valence electrons. The minimum Gasteiger partial charge on any atom is -0.375 e. The molecular formula is C15H21FN2O3S. The zero-order valence-electron chi connectivity index (χ0n) is 12.8. The number of ether oxygens (including phenoxy) is 1. The highest BCUT2D eigenvalue weighted by Gasteiger charge is 2.40. The molecule has 3 rings (SSSR count). The van der Waals surface area contributed by atoms with Crippen molar-refractivity contribution in [3.05, 3.63) is 29.6 Å². The summed E-state index contributed by atoms with van der Waals surface area (Å²) in [5.74, 6) is -0.694. The molecule has 2 heterocycles. The minimum absolute atomic E-state index is 0.0325. The smallest absolute Gasteiger partial charge is 0.246 e. The Hall–Kier alpha value is -1.02. The van der Waals surface area contributed by atoms with Gasteiger partial charge in [-0.15, -0.1) is 0 Å². The number of piperidine rings is 1. The van der Waals surface area contributed by atoms with Crippen LogP contribution in [0.15, 0.2) is 23.1 Å². The number of halogens is 1. The van der Waals surface area contributed by atoms with E-state index in [2.05, 4.69) is 4.90 Å². The van der Waals surface area contributed by atoms with Gasteiger partial charge in [0.05, 0.1) is 12.7 Å². The Bertz CT molecular complexity index is 665. The summed E-state index contributed by atoms with van der Waals surface area (Å²) in [6.07, 6.45) is 0.703. The third-order valence-corrected chi connectivity index (χ3v) is 6.41. The highest BCUT2D eigenvalue weighted by Crippen LogP contribution is 2.27. The van der Waals surface area contributed by atoms with Gasteiger partial charge in [-0.05, 0) is 38.1 Å². The van der Waals surface area contributed by atoms with Gasteiger partial charge < -0.3 is 4.74 Å². The fourth-order valence-electron chi connectivity index (χ4n) is 3.18. The van der Waals surface area contributed by atoms with Gasteiger partial charge >= 0.3 is 0 Å². The number of sulfonamides is 1. The second-order valence-electron chi connectivity index (χ2n) is 6.04. The predicted octanol–water partition coefficient (Wildman–Crippen LogP) is 1.23. The maximum atomic E-state index is 14.0. The molecule has 0 unspecified atom stereocenters. The van der Waals surface area contributed by atoms with E-state index in [1.165, 1.54) is 16.4 Å². The van der Waals surface area contributed by atoms with E-state index in [0.717, 1.165) is 12.1 Å². The first-order chi connectivity index (χ1) is 10.4. The lowest BCUT2D eigenvalue weighted by Crippen LogP contribution is -2.59. The van der Waals surface area contributed by atoms with Crippen molar-refractivity contribution in [2.45, 2.75) is 30.4 Å². The Morgan fingerprint density at radius 1 is 1.32 bits per heavy atom. The molecule has 0 bridgehead atoms. The Morgan fingerprint density at radius 2 is 2.09 bits per heavy atom. The lowest BCUT2D eigenvalue weighted by molar-refractivity contribution is -0.0840. The number of morpholine rings is 1. The Labute approximate surface area is 130 Å². The molecule has 1 aromatic rings. The lowest BCUT2D eigenvalue weighted by Gasteiger charge is -2.45. The molecule has 0 aliphatic carbocycles. The minimum atomic E-state index is -3.81. The number of fused-ring (bicyclic) bond motifs is 1. The first-order valence-corrected chi connectivity index (χ1v) is 8.92. The SMILES string of the molecule is Cc1ccc(F)c(S(=O)(=O)N2CC[C@@H]3OCCN(C)[C@H]3C2)c1. The molecule has 0 radical (unpaired) electrons. The van der Waals surface area contributed by atoms with Crippen molar-refractivity contribution in [1.29, 1.82) is 0 Å². The van der Waals surface area contributed by atoms with Gasteiger partial charge in [0.15, 0.2) is 0 Å². The van der Waals surface area contributed by atoms with Gasteiger partial charge in [0.2, 0.25) is 10.0 Å². The van der Waals surface area contributed by atoms with Crippen molar-refractivity contribution in [1.82, 2.24) is 9.21 Å². The van der Waals surface area contributed by atoms with Crippen LogP contribution in [0.25, 0.3) is 0 Å². The monoisotopic (exact) mass is 328 g/mol. The van der Waals surface area contributed by atoms with Gasteiger partial charge in [0, 0.05) is 25.7 Å². The molecule has 0 amide bonds. The van der Waals surface area contributed by atoms with Gasteiger partial charge in [0.25, 0.3) is 0 Å². The molecular weight excluding hydrogens is 307 g/mol. The second kappa shape index (κ2) is 5.88. The van der Waals surface area contributed by atoms with E-state index in [9.17, 15) is 12.8 Å². The van der Waals surface area contributed by atoms with Crippen LogP contribution in [0, 0.1) is 12.7 Å². The number of benzene rings is 1. The number of nitrogens with zero attached hydrogens (tertiary/aromatic N) is 2. The molecule has 0 saturated carbocycles. The quantitative estimate of drug-likeness (QED) is 0.819. The molecule has 22 heavy (non-hydrogen) atoms. The first kappa shape index (κ1) is 15.9. The van der Waals surface area contributed by atoms with Crippen molar-refractivity contribution in [3.8, 4) is 0 Å². The third kappa shape index (κ3) is 2.78. The largest absolute Gasteiger partial charge is 0.375 e. The number of likely N-dealkylation sites (N-methyl/N-ethyl adjacent to an activating group) is 1. The van der Waals surface area contributed by atoms with E-state index in [1.54, 1.807) is 13.0 Å². The van der Waals surface area contributed by atoms with Gasteiger partial charge in [0.1, 0.15) is 10.7 Å². The van der Waals surface area contributed by atoms with E-state index in [4.69, 9.17) is 4.74 Å². The van der Waals surface area contributed by atoms with Crippen LogP contribution < -0.4 is 0 Å². The van der Waals surface area contributed by atoms with Crippen LogP contribution in [0.4, 0.5) is 4.39 Å². The Kier molecular flexibility index (Phi) is 4.24. The fraction of sp³-hybridized carbons (Fsp3) is 0.600. The van der Waals surface area contributed by atoms with Crippen molar-refractivity contribution < 1.29 is 17.5 Å². The van der Waals surface area contributed by atoms with Crippen molar-refractivity contribution in [2.24, 2.45) is 0 Å². The third-order valence-electron chi connectivity index (χ3n) is 4.53. The van der Waals surface area contributed by atoms with Crippen LogP contribution >= 0.6 is 0 Å². The summed E-state index contributed by atoms with van der Waals surface area (Å²) in [7, 11) is -1.84. The summed E-state index contributed by atoms with van der Waals surface area (Å²) in [6.45, 7) is 3.93. The summed E-state index contributed by atoms with van der Waals surface area (Å²) in [5.41, 5.74) is 0.730. The molecule has 1 aromatic carbocycles. The van der Waals surface area contributed by atoms with E-state index < -0.39 is 15.8 Å². The first-order valence-electron chi connectivity index (χ1n) is 7.48. The van der Waals surface area contributed by atoms with E-state index in [0.29, 0.717) is 26.1 Å². The molecule has 7 heteroatoms. The van der Waals surface area contributed by atoms with E-state index in [-0.39, 0.29) is 17.0 Å². The van der Waals surface area contributed by atoms with Crippen LogP contribution in [-0.4, -0.2) is 63.1 Å². The van der Waals surface area contributed by atoms with Crippen molar-refractivity contribution >= 4 is 10.0 Å². The molecule has 5 nitrogen and oxygen atoms in total. The average molecular weight is 328 g/mol. The highest BCUT2D eigenvalue weighted by atomic mass is 32.2. The van der Waals surface area contributed by atoms with Gasteiger partial charge in [-0.1, -0.05) is 6.07 Å². The summed E-state index contributed by atoms with van der Waals surface area (Å²) in [5, 5.41) is 0. The highest BCUT2D eigenvalue weighted by molar-refractivity contribution is 7.89. The molecule has 0 aromatic heterocycles. The van der Waals surface area contributed by atoms with Crippen molar-refractivity contribution in [3.63, 3.8) is 0 Å². The summed E-state index contributed by atoms with van der Waals surface area (Å²) >= 11 is 0. The topological polar surface area (TPSA) is 49.9 Å². The zero-order chi connectivity index (χ0) is 15.9. The number of hydrogen-bond acceptors (Lipinski definition) is 4. The van der Waals surface area contributed by atoms with Crippen LogP contribution in [0.2, 0.25) is 0 Å². The molecule has 2 fully saturated rings. The summed E-state index contributed by atoms with van der Waals surface area (Å²) in [6, 6.07) is 4.22. The van der Waals surface area contributed by atoms with E-state index in [1.807, 2.05) is 7.05 Å². The number of hydrogen-bond donors (Lipinski definition) is 0. The van der Waals surface area contributed by atoms with E-state index >= 15 is 0 Å². The molecule has 2 atom stereocenters. The summed E-state index contributed by atoms with van der Waals surface area (Å²) in [4.78, 5) is 1.90. The number of rotatable bonds is 2. The maximum absolute atomic E-state index is 14.0. The van der Waals surface area contributed by atoms with Crippen LogP contribution in [0.5, 0.6) is 0 Å². The molecule has 0 N–H and O–H groups in total. The van der Waals surface area contributed by atoms with Gasteiger partial charge in [-0.2, -0.15) is 4.31 Å². The predicted molar refractivity (Wildman–Crippen MR) is 80.7 cm³/mol. The van der Waals surface area contributed by atoms with Gasteiger partial charge in [-0.25, -0.2) is 12.8 Å². The molecule has 0 spiro atoms. The Balaban J connectivity index is 1.88. The van der Waals surface area contributed by atoms with Crippen LogP contribution in [-0.2, 0) is 14.8 Å². The molecule has 2 aliphatic rings. The standard InChI is InChI=1S/C15H21FN2O3S/c1-11-3-4-12(16)15(9-11)22(19,20)18-6-5-14-13(10-18)17(2)7-8-21-14/h3-4,9,13-14H,5-8,10H2,1-2H3/t13-,14-/m0/s1. The molecule has 2 aliphatic heterocycles. The normalized spacial score (nSPS) is 27.6. The molecule has 2 saturated heterocycles. The number of aryl methyl sites for hydroxylation is 1. The Morgan fingerprint density at radius 3 is 2.86 bits per heavy atom. The average Bonchev–Trinajstić information content (AvgIpc) is 2.49. The second-order valence-corrected chi connectivity index (χ2v) is 7.95.